The molecule has 1 aromatic heterocycles. The lowest BCUT2D eigenvalue weighted by molar-refractivity contribution is -0.136. The standard InChI is InChI=1S/C7H7NO3S/c9-5(1-2-6(10)11)7-8-3-4-12-7/h3-4H,1-2H2,(H,10,11). The quantitative estimate of drug-likeness (QED) is 0.715. The summed E-state index contributed by atoms with van der Waals surface area (Å²) in [5.41, 5.74) is 0. The van der Waals surface area contributed by atoms with Crippen LogP contribution in [0.5, 0.6) is 0 Å². The maximum absolute atomic E-state index is 11.1. The van der Waals surface area contributed by atoms with Gasteiger partial charge >= 0.3 is 5.97 Å². The van der Waals surface area contributed by atoms with Crippen LogP contribution in [0.4, 0.5) is 0 Å². The number of aliphatic carboxylic acids is 1. The molecule has 12 heavy (non-hydrogen) atoms. The van der Waals surface area contributed by atoms with Gasteiger partial charge in [-0.1, -0.05) is 0 Å². The molecule has 0 amide bonds. The van der Waals surface area contributed by atoms with Crippen LogP contribution >= 0.6 is 11.3 Å². The zero-order chi connectivity index (χ0) is 8.97. The molecule has 1 aromatic rings. The van der Waals surface area contributed by atoms with Crippen molar-refractivity contribution in [3.8, 4) is 0 Å². The zero-order valence-electron chi connectivity index (χ0n) is 6.19. The number of ketones is 1. The number of hydrogen-bond donors (Lipinski definition) is 1. The van der Waals surface area contributed by atoms with E-state index >= 15 is 0 Å². The molecule has 0 radical (unpaired) electrons. The van der Waals surface area contributed by atoms with Crippen LogP contribution in [0.2, 0.25) is 0 Å². The summed E-state index contributed by atoms with van der Waals surface area (Å²) in [5, 5.41) is 10.4. The van der Waals surface area contributed by atoms with Gasteiger partial charge in [0.25, 0.3) is 0 Å². The van der Waals surface area contributed by atoms with E-state index in [1.807, 2.05) is 0 Å². The first-order valence-electron chi connectivity index (χ1n) is 3.34. The molecule has 0 aromatic carbocycles. The molecule has 5 heteroatoms. The van der Waals surface area contributed by atoms with Crippen LogP contribution in [0.15, 0.2) is 11.6 Å². The van der Waals surface area contributed by atoms with Crippen molar-refractivity contribution in [2.75, 3.05) is 0 Å². The fraction of sp³-hybridized carbons (Fsp3) is 0.286. The highest BCUT2D eigenvalue weighted by Crippen LogP contribution is 2.08. The molecule has 0 bridgehead atoms. The Kier molecular flexibility index (Phi) is 2.93. The Labute approximate surface area is 72.9 Å². The SMILES string of the molecule is O=C(O)CCC(=O)c1nccs1. The lowest BCUT2D eigenvalue weighted by atomic mass is 10.2. The summed E-state index contributed by atoms with van der Waals surface area (Å²) in [4.78, 5) is 25.0. The second kappa shape index (κ2) is 3.96. The Hall–Kier alpha value is -1.23. The highest BCUT2D eigenvalue weighted by atomic mass is 32.1. The Bertz CT molecular complexity index is 281. The predicted molar refractivity (Wildman–Crippen MR) is 43.3 cm³/mol. The third-order valence-corrected chi connectivity index (χ3v) is 2.05. The van der Waals surface area contributed by atoms with Crippen molar-refractivity contribution in [3.63, 3.8) is 0 Å². The molecule has 0 saturated heterocycles. The highest BCUT2D eigenvalue weighted by Gasteiger charge is 2.09. The topological polar surface area (TPSA) is 67.3 Å². The molecule has 0 aliphatic rings. The average molecular weight is 185 g/mol. The van der Waals surface area contributed by atoms with Crippen molar-refractivity contribution in [2.24, 2.45) is 0 Å². The molecule has 64 valence electrons. The predicted octanol–water partition coefficient (Wildman–Crippen LogP) is 1.19. The molecule has 0 unspecified atom stereocenters. The molecule has 4 nitrogen and oxygen atoms in total. The molecular formula is C7H7NO3S. The van der Waals surface area contributed by atoms with E-state index in [-0.39, 0.29) is 18.6 Å². The summed E-state index contributed by atoms with van der Waals surface area (Å²) in [5.74, 6) is -1.16. The number of carboxylic acid groups (broad SMARTS) is 1. The van der Waals surface area contributed by atoms with Crippen molar-refractivity contribution < 1.29 is 14.7 Å². The van der Waals surface area contributed by atoms with E-state index in [4.69, 9.17) is 5.11 Å². The summed E-state index contributed by atoms with van der Waals surface area (Å²) in [6.07, 6.45) is 1.43. The molecule has 0 fully saturated rings. The average Bonchev–Trinajstić information content (AvgIpc) is 2.51. The second-order valence-corrected chi connectivity index (χ2v) is 3.05. The molecule has 0 spiro atoms. The van der Waals surface area contributed by atoms with E-state index in [1.165, 1.54) is 17.5 Å². The first kappa shape index (κ1) is 8.86. The van der Waals surface area contributed by atoms with Crippen LogP contribution in [-0.4, -0.2) is 21.8 Å². The number of carbonyl (C=O) groups is 2. The fourth-order valence-electron chi connectivity index (χ4n) is 0.689. The number of hydrogen-bond acceptors (Lipinski definition) is 4. The van der Waals surface area contributed by atoms with Gasteiger partial charge in [0.1, 0.15) is 0 Å². The van der Waals surface area contributed by atoms with E-state index in [1.54, 1.807) is 5.38 Å². The van der Waals surface area contributed by atoms with Gasteiger partial charge in [-0.05, 0) is 0 Å². The molecule has 1 N–H and O–H groups in total. The van der Waals surface area contributed by atoms with Crippen molar-refractivity contribution in [2.45, 2.75) is 12.8 Å². The summed E-state index contributed by atoms with van der Waals surface area (Å²) in [6.45, 7) is 0. The normalized spacial score (nSPS) is 9.67. The lowest BCUT2D eigenvalue weighted by Crippen LogP contribution is -2.02. The van der Waals surface area contributed by atoms with Gasteiger partial charge in [0.2, 0.25) is 0 Å². The maximum atomic E-state index is 11.1. The Morgan fingerprint density at radius 2 is 2.25 bits per heavy atom. The minimum atomic E-state index is -0.958. The van der Waals surface area contributed by atoms with Crippen LogP contribution in [0.25, 0.3) is 0 Å². The number of rotatable bonds is 4. The molecular weight excluding hydrogens is 178 g/mol. The van der Waals surface area contributed by atoms with Crippen molar-refractivity contribution in [1.82, 2.24) is 4.98 Å². The number of carboxylic acids is 1. The number of nitrogens with zero attached hydrogens (tertiary/aromatic N) is 1. The Morgan fingerprint density at radius 1 is 1.50 bits per heavy atom. The first-order valence-corrected chi connectivity index (χ1v) is 4.22. The van der Waals surface area contributed by atoms with Gasteiger partial charge in [-0.3, -0.25) is 9.59 Å². The maximum Gasteiger partial charge on any atom is 0.303 e. The third-order valence-electron chi connectivity index (χ3n) is 1.24. The van der Waals surface area contributed by atoms with Gasteiger partial charge in [0.05, 0.1) is 6.42 Å². The molecule has 0 aliphatic heterocycles. The number of aromatic nitrogens is 1. The van der Waals surface area contributed by atoms with Crippen LogP contribution in [0.1, 0.15) is 22.6 Å². The van der Waals surface area contributed by atoms with Gasteiger partial charge in [0.15, 0.2) is 10.8 Å². The second-order valence-electron chi connectivity index (χ2n) is 2.15. The van der Waals surface area contributed by atoms with Gasteiger partial charge in [-0.2, -0.15) is 0 Å². The van der Waals surface area contributed by atoms with Crippen molar-refractivity contribution >= 4 is 23.1 Å². The number of thiazole rings is 1. The van der Waals surface area contributed by atoms with Crippen LogP contribution in [0, 0.1) is 0 Å². The van der Waals surface area contributed by atoms with Gasteiger partial charge in [-0.25, -0.2) is 4.98 Å². The van der Waals surface area contributed by atoms with Crippen molar-refractivity contribution in [3.05, 3.63) is 16.6 Å². The zero-order valence-corrected chi connectivity index (χ0v) is 7.00. The summed E-state index contributed by atoms with van der Waals surface area (Å²) in [6, 6.07) is 0. The first-order chi connectivity index (χ1) is 5.70. The van der Waals surface area contributed by atoms with Crippen LogP contribution in [0.3, 0.4) is 0 Å². The molecule has 0 atom stereocenters. The molecule has 0 saturated carbocycles. The lowest BCUT2D eigenvalue weighted by Gasteiger charge is -1.91. The summed E-state index contributed by atoms with van der Waals surface area (Å²) < 4.78 is 0. The summed E-state index contributed by atoms with van der Waals surface area (Å²) in [7, 11) is 0. The van der Waals surface area contributed by atoms with Gasteiger partial charge in [-0.15, -0.1) is 11.3 Å². The van der Waals surface area contributed by atoms with E-state index in [2.05, 4.69) is 4.98 Å². The van der Waals surface area contributed by atoms with Gasteiger partial charge in [0, 0.05) is 18.0 Å². The minimum absolute atomic E-state index is 0.0306. The largest absolute Gasteiger partial charge is 0.481 e. The Morgan fingerprint density at radius 3 is 2.75 bits per heavy atom. The fourth-order valence-corrected chi connectivity index (χ4v) is 1.29. The van der Waals surface area contributed by atoms with Crippen molar-refractivity contribution in [1.29, 1.82) is 0 Å². The number of Topliss-reactive ketones (excluding diaryl/α,β-unsaturated/α-hetero) is 1. The third kappa shape index (κ3) is 2.43. The van der Waals surface area contributed by atoms with E-state index in [9.17, 15) is 9.59 Å². The minimum Gasteiger partial charge on any atom is -0.481 e. The molecule has 1 heterocycles. The van der Waals surface area contributed by atoms with Crippen LogP contribution in [-0.2, 0) is 4.79 Å². The molecule has 1 rings (SSSR count). The van der Waals surface area contributed by atoms with E-state index in [0.717, 1.165) is 0 Å². The summed E-state index contributed by atoms with van der Waals surface area (Å²) >= 11 is 1.23. The smallest absolute Gasteiger partial charge is 0.303 e. The molecule has 0 aliphatic carbocycles. The van der Waals surface area contributed by atoms with Crippen LogP contribution < -0.4 is 0 Å². The van der Waals surface area contributed by atoms with E-state index < -0.39 is 5.97 Å². The van der Waals surface area contributed by atoms with Gasteiger partial charge < -0.3 is 5.11 Å². The van der Waals surface area contributed by atoms with E-state index in [0.29, 0.717) is 5.01 Å². The monoisotopic (exact) mass is 185 g/mol. The Balaban J connectivity index is 2.45. The highest BCUT2D eigenvalue weighted by molar-refractivity contribution is 7.11. The number of carbonyl (C=O) groups excluding carboxylic acids is 1.